The molecule has 2 heterocycles. The highest BCUT2D eigenvalue weighted by atomic mass is 16.3. The number of benzene rings is 9. The van der Waals surface area contributed by atoms with Gasteiger partial charge in [0.1, 0.15) is 11.2 Å². The lowest BCUT2D eigenvalue weighted by molar-refractivity contribution is 0.673. The van der Waals surface area contributed by atoms with E-state index in [1.165, 1.54) is 27.3 Å². The first-order chi connectivity index (χ1) is 28.2. The second kappa shape index (κ2) is 13.6. The zero-order chi connectivity index (χ0) is 37.7. The van der Waals surface area contributed by atoms with Crippen molar-refractivity contribution in [3.8, 4) is 67.3 Å². The molecule has 0 aliphatic rings. The molecular formula is C54H34N2O. The van der Waals surface area contributed by atoms with Crippen LogP contribution in [-0.2, 0) is 0 Å². The summed E-state index contributed by atoms with van der Waals surface area (Å²) in [5.41, 5.74) is 13.7. The van der Waals surface area contributed by atoms with Crippen LogP contribution in [-0.4, -0.2) is 9.97 Å². The van der Waals surface area contributed by atoms with E-state index in [0.29, 0.717) is 5.82 Å². The molecule has 2 aromatic heterocycles. The molecule has 11 rings (SSSR count). The first-order valence-electron chi connectivity index (χ1n) is 19.3. The first-order valence-corrected chi connectivity index (χ1v) is 19.3. The van der Waals surface area contributed by atoms with Crippen molar-refractivity contribution in [2.75, 3.05) is 0 Å². The Morgan fingerprint density at radius 3 is 1.56 bits per heavy atom. The maximum Gasteiger partial charge on any atom is 0.160 e. The number of hydrogen-bond donors (Lipinski definition) is 0. The van der Waals surface area contributed by atoms with Gasteiger partial charge < -0.3 is 4.42 Å². The Bertz CT molecular complexity index is 3190. The molecule has 0 bridgehead atoms. The van der Waals surface area contributed by atoms with Crippen LogP contribution < -0.4 is 0 Å². The van der Waals surface area contributed by atoms with Gasteiger partial charge in [0.05, 0.1) is 11.4 Å². The van der Waals surface area contributed by atoms with Crippen LogP contribution in [0, 0.1) is 0 Å². The van der Waals surface area contributed by atoms with Gasteiger partial charge in [0.25, 0.3) is 0 Å². The molecule has 0 fully saturated rings. The maximum atomic E-state index is 6.70. The quantitative estimate of drug-likeness (QED) is 0.171. The summed E-state index contributed by atoms with van der Waals surface area (Å²) in [5.74, 6) is 0.713. The third kappa shape index (κ3) is 5.76. The minimum absolute atomic E-state index is 0.713. The van der Waals surface area contributed by atoms with Crippen molar-refractivity contribution in [1.29, 1.82) is 0 Å². The molecule has 9 aromatic carbocycles. The van der Waals surface area contributed by atoms with Crippen molar-refractivity contribution < 1.29 is 4.42 Å². The fraction of sp³-hybridized carbons (Fsp3) is 0. The van der Waals surface area contributed by atoms with E-state index in [0.717, 1.165) is 77.7 Å². The minimum Gasteiger partial charge on any atom is -0.455 e. The Hall–Kier alpha value is -7.62. The van der Waals surface area contributed by atoms with Gasteiger partial charge in [-0.15, -0.1) is 0 Å². The van der Waals surface area contributed by atoms with Crippen molar-refractivity contribution in [3.05, 3.63) is 206 Å². The van der Waals surface area contributed by atoms with E-state index >= 15 is 0 Å². The SMILES string of the molecule is c1ccc(-c2cc(-c3ccc(-c4ccc(-c5cccc6oc7c8ccccc8c(-c8cccc9ccccc89)cc7c56)cc4)cc3)nc(-c3ccccc3)n2)cc1. The lowest BCUT2D eigenvalue weighted by Crippen LogP contribution is -1.95. The number of hydrogen-bond acceptors (Lipinski definition) is 3. The molecule has 3 nitrogen and oxygen atoms in total. The van der Waals surface area contributed by atoms with Crippen LogP contribution in [0.4, 0.5) is 0 Å². The average molecular weight is 727 g/mol. The van der Waals surface area contributed by atoms with Crippen molar-refractivity contribution in [2.45, 2.75) is 0 Å². The summed E-state index contributed by atoms with van der Waals surface area (Å²) in [5, 5.41) is 7.03. The van der Waals surface area contributed by atoms with Gasteiger partial charge in [0.2, 0.25) is 0 Å². The van der Waals surface area contributed by atoms with E-state index in [2.05, 4.69) is 170 Å². The lowest BCUT2D eigenvalue weighted by atomic mass is 9.91. The van der Waals surface area contributed by atoms with Gasteiger partial charge in [-0.05, 0) is 67.7 Å². The molecule has 0 amide bonds. The summed E-state index contributed by atoms with van der Waals surface area (Å²) >= 11 is 0. The highest BCUT2D eigenvalue weighted by Gasteiger charge is 2.19. The van der Waals surface area contributed by atoms with E-state index < -0.39 is 0 Å². The van der Waals surface area contributed by atoms with Crippen molar-refractivity contribution in [2.24, 2.45) is 0 Å². The number of fused-ring (bicyclic) bond motifs is 6. The zero-order valence-electron chi connectivity index (χ0n) is 30.9. The molecule has 0 aliphatic heterocycles. The third-order valence-electron chi connectivity index (χ3n) is 11.1. The normalized spacial score (nSPS) is 11.5. The van der Waals surface area contributed by atoms with Crippen molar-refractivity contribution in [3.63, 3.8) is 0 Å². The van der Waals surface area contributed by atoms with Crippen molar-refractivity contribution in [1.82, 2.24) is 9.97 Å². The molecule has 0 unspecified atom stereocenters. The molecule has 0 N–H and O–H groups in total. The summed E-state index contributed by atoms with van der Waals surface area (Å²) < 4.78 is 6.70. The summed E-state index contributed by atoms with van der Waals surface area (Å²) in [6, 6.07) is 72.7. The van der Waals surface area contributed by atoms with E-state index in [1.54, 1.807) is 0 Å². The molecule has 0 aliphatic carbocycles. The van der Waals surface area contributed by atoms with Crippen LogP contribution in [0.25, 0.3) is 111 Å². The summed E-state index contributed by atoms with van der Waals surface area (Å²) in [7, 11) is 0. The van der Waals surface area contributed by atoms with Gasteiger partial charge in [0, 0.05) is 32.8 Å². The minimum atomic E-state index is 0.713. The summed E-state index contributed by atoms with van der Waals surface area (Å²) in [6.45, 7) is 0. The number of furan rings is 1. The van der Waals surface area contributed by atoms with Gasteiger partial charge in [-0.3, -0.25) is 0 Å². The fourth-order valence-corrected chi connectivity index (χ4v) is 8.32. The molecule has 0 spiro atoms. The molecular weight excluding hydrogens is 693 g/mol. The van der Waals surface area contributed by atoms with Crippen LogP contribution in [0.2, 0.25) is 0 Å². The Labute approximate surface area is 330 Å². The zero-order valence-corrected chi connectivity index (χ0v) is 30.9. The van der Waals surface area contributed by atoms with Crippen LogP contribution >= 0.6 is 0 Å². The standard InChI is InChI=1S/C54H34N2O/c1-3-14-39(15-4-1)49-34-50(56-54(55-49)41-16-5-2-6-17-41)40-31-27-36(28-32-40)35-25-29-38(30-26-35)43-22-12-24-51-52(43)48-33-47(45-20-9-10-21-46(45)53(48)57-51)44-23-11-18-37-13-7-8-19-42(37)44/h1-34H. The predicted octanol–water partition coefficient (Wildman–Crippen LogP) is 14.7. The second-order valence-corrected chi connectivity index (χ2v) is 14.5. The van der Waals surface area contributed by atoms with E-state index in [4.69, 9.17) is 14.4 Å². The largest absolute Gasteiger partial charge is 0.455 e. The molecule has 57 heavy (non-hydrogen) atoms. The van der Waals surface area contributed by atoms with E-state index in [9.17, 15) is 0 Å². The number of rotatable bonds is 6. The van der Waals surface area contributed by atoms with Gasteiger partial charge in [-0.2, -0.15) is 0 Å². The lowest BCUT2D eigenvalue weighted by Gasteiger charge is -2.12. The van der Waals surface area contributed by atoms with Gasteiger partial charge in [-0.1, -0.05) is 188 Å². The van der Waals surface area contributed by atoms with E-state index in [-0.39, 0.29) is 0 Å². The molecule has 3 heteroatoms. The van der Waals surface area contributed by atoms with Crippen LogP contribution in [0.3, 0.4) is 0 Å². The molecule has 266 valence electrons. The second-order valence-electron chi connectivity index (χ2n) is 14.5. The number of nitrogens with zero attached hydrogens (tertiary/aromatic N) is 2. The number of aromatic nitrogens is 2. The van der Waals surface area contributed by atoms with Gasteiger partial charge in [-0.25, -0.2) is 9.97 Å². The van der Waals surface area contributed by atoms with Crippen LogP contribution in [0.1, 0.15) is 0 Å². The molecule has 0 atom stereocenters. The Balaban J connectivity index is 0.973. The smallest absolute Gasteiger partial charge is 0.160 e. The maximum absolute atomic E-state index is 6.70. The molecule has 0 radical (unpaired) electrons. The molecule has 0 saturated heterocycles. The topological polar surface area (TPSA) is 38.9 Å². The van der Waals surface area contributed by atoms with Gasteiger partial charge >= 0.3 is 0 Å². The highest BCUT2D eigenvalue weighted by Crippen LogP contribution is 2.44. The average Bonchev–Trinajstić information content (AvgIpc) is 3.68. The monoisotopic (exact) mass is 726 g/mol. The summed E-state index contributed by atoms with van der Waals surface area (Å²) in [6.07, 6.45) is 0. The van der Waals surface area contributed by atoms with E-state index in [1.807, 2.05) is 36.4 Å². The van der Waals surface area contributed by atoms with Crippen LogP contribution in [0.5, 0.6) is 0 Å². The van der Waals surface area contributed by atoms with Gasteiger partial charge in [0.15, 0.2) is 5.82 Å². The van der Waals surface area contributed by atoms with Crippen molar-refractivity contribution >= 4 is 43.5 Å². The Morgan fingerprint density at radius 1 is 0.316 bits per heavy atom. The predicted molar refractivity (Wildman–Crippen MR) is 237 cm³/mol. The highest BCUT2D eigenvalue weighted by molar-refractivity contribution is 6.23. The molecule has 11 aromatic rings. The Morgan fingerprint density at radius 2 is 0.842 bits per heavy atom. The molecule has 0 saturated carbocycles. The van der Waals surface area contributed by atoms with Crippen LogP contribution in [0.15, 0.2) is 211 Å². The fourth-order valence-electron chi connectivity index (χ4n) is 8.32. The first kappa shape index (κ1) is 32.8. The third-order valence-corrected chi connectivity index (χ3v) is 11.1. The Kier molecular flexibility index (Phi) is 7.82. The summed E-state index contributed by atoms with van der Waals surface area (Å²) in [4.78, 5) is 9.98.